The molecule has 4 rings (SSSR count). The number of carbonyl (C=O) groups excluding carboxylic acids is 1. The maximum absolute atomic E-state index is 13.5. The molecule has 3 heterocycles. The lowest BCUT2D eigenvalue weighted by atomic mass is 9.96. The van der Waals surface area contributed by atoms with Crippen molar-refractivity contribution in [2.75, 3.05) is 36.0 Å². The SMILES string of the molecule is C=S1(=O)CCC(C(=O)N2CCN(c3cc(C(F)(F)F)on3)C[C@H]2c2ccc(F)cc2)CC1. The lowest BCUT2D eigenvalue weighted by Crippen LogP contribution is -2.53. The summed E-state index contributed by atoms with van der Waals surface area (Å²) >= 11 is 0. The van der Waals surface area contributed by atoms with Crippen LogP contribution in [0, 0.1) is 11.7 Å². The van der Waals surface area contributed by atoms with Crippen molar-refractivity contribution >= 4 is 27.1 Å². The Labute approximate surface area is 183 Å². The fraction of sp³-hybridized carbons (Fsp3) is 0.476. The number of hydrogen-bond donors (Lipinski definition) is 0. The van der Waals surface area contributed by atoms with Crippen molar-refractivity contribution in [2.45, 2.75) is 25.1 Å². The fourth-order valence-electron chi connectivity index (χ4n) is 4.22. The average molecular weight is 473 g/mol. The second-order valence-corrected chi connectivity index (χ2v) is 11.0. The topological polar surface area (TPSA) is 66.7 Å². The van der Waals surface area contributed by atoms with Crippen LogP contribution in [-0.2, 0) is 20.5 Å². The van der Waals surface area contributed by atoms with Crippen molar-refractivity contribution in [2.24, 2.45) is 5.92 Å². The van der Waals surface area contributed by atoms with Crippen LogP contribution in [0.25, 0.3) is 0 Å². The van der Waals surface area contributed by atoms with Gasteiger partial charge in [-0.1, -0.05) is 17.3 Å². The van der Waals surface area contributed by atoms with Gasteiger partial charge in [-0.3, -0.25) is 9.00 Å². The Bertz CT molecular complexity index is 1070. The number of benzene rings is 1. The molecular weight excluding hydrogens is 450 g/mol. The Hall–Kier alpha value is -2.56. The van der Waals surface area contributed by atoms with Crippen LogP contribution in [0.15, 0.2) is 34.9 Å². The Balaban J connectivity index is 1.58. The van der Waals surface area contributed by atoms with Crippen LogP contribution in [0.2, 0.25) is 0 Å². The predicted molar refractivity (Wildman–Crippen MR) is 112 cm³/mol. The molecule has 1 amide bonds. The van der Waals surface area contributed by atoms with Crippen LogP contribution in [0.5, 0.6) is 0 Å². The molecule has 0 saturated carbocycles. The molecule has 174 valence electrons. The highest BCUT2D eigenvalue weighted by Gasteiger charge is 2.39. The molecule has 0 unspecified atom stereocenters. The number of carbonyl (C=O) groups is 1. The van der Waals surface area contributed by atoms with E-state index in [2.05, 4.69) is 15.6 Å². The minimum absolute atomic E-state index is 0.0333. The summed E-state index contributed by atoms with van der Waals surface area (Å²) in [5, 5.41) is 3.55. The van der Waals surface area contributed by atoms with E-state index in [-0.39, 0.29) is 37.3 Å². The van der Waals surface area contributed by atoms with Gasteiger partial charge in [0.2, 0.25) is 11.7 Å². The first-order valence-corrected chi connectivity index (χ1v) is 12.3. The molecule has 1 atom stereocenters. The van der Waals surface area contributed by atoms with Gasteiger partial charge in [-0.25, -0.2) is 4.39 Å². The number of amides is 1. The van der Waals surface area contributed by atoms with E-state index in [0.29, 0.717) is 29.9 Å². The monoisotopic (exact) mass is 473 g/mol. The van der Waals surface area contributed by atoms with E-state index in [1.54, 1.807) is 21.9 Å². The standard InChI is InChI=1S/C21H23F4N3O3S/c1-32(30)10-6-15(7-11-32)20(29)28-9-8-27(19-12-18(31-26-19)21(23,24)25)13-17(28)14-2-4-16(22)5-3-14/h2-5,12,15,17H,1,6-11,13H2/t15?,17-,32?/m0/s1. The van der Waals surface area contributed by atoms with Gasteiger partial charge in [0.05, 0.1) is 6.04 Å². The first-order valence-electron chi connectivity index (χ1n) is 10.2. The molecule has 2 aliphatic rings. The van der Waals surface area contributed by atoms with E-state index in [1.165, 1.54) is 12.1 Å². The summed E-state index contributed by atoms with van der Waals surface area (Å²) in [5.74, 6) is 2.55. The van der Waals surface area contributed by atoms with Crippen molar-refractivity contribution in [1.82, 2.24) is 10.1 Å². The molecule has 2 aromatic rings. The summed E-state index contributed by atoms with van der Waals surface area (Å²) in [5.41, 5.74) is 0.667. The summed E-state index contributed by atoms with van der Waals surface area (Å²) in [6, 6.07) is 6.04. The van der Waals surface area contributed by atoms with Gasteiger partial charge in [0.15, 0.2) is 5.82 Å². The molecule has 11 heteroatoms. The number of alkyl halides is 3. The van der Waals surface area contributed by atoms with E-state index >= 15 is 0 Å². The molecule has 2 fully saturated rings. The molecule has 0 spiro atoms. The van der Waals surface area contributed by atoms with E-state index in [9.17, 15) is 26.6 Å². The molecule has 1 aromatic heterocycles. The molecule has 6 nitrogen and oxygen atoms in total. The highest BCUT2D eigenvalue weighted by atomic mass is 32.2. The Morgan fingerprint density at radius 3 is 2.41 bits per heavy atom. The van der Waals surface area contributed by atoms with E-state index in [1.807, 2.05) is 0 Å². The second kappa shape index (κ2) is 8.42. The van der Waals surface area contributed by atoms with Gasteiger partial charge >= 0.3 is 6.18 Å². The van der Waals surface area contributed by atoms with E-state index in [0.717, 1.165) is 6.07 Å². The lowest BCUT2D eigenvalue weighted by molar-refractivity contribution is -0.155. The first kappa shape index (κ1) is 22.6. The fourth-order valence-corrected chi connectivity index (χ4v) is 5.85. The van der Waals surface area contributed by atoms with Crippen LogP contribution in [-0.4, -0.2) is 57.2 Å². The molecular formula is C21H23F4N3O3S. The number of hydrogen-bond acceptors (Lipinski definition) is 5. The Morgan fingerprint density at radius 1 is 1.16 bits per heavy atom. The van der Waals surface area contributed by atoms with Crippen molar-refractivity contribution < 1.29 is 31.1 Å². The third-order valence-corrected chi connectivity index (χ3v) is 8.00. The van der Waals surface area contributed by atoms with Gasteiger partial charge in [-0.2, -0.15) is 13.2 Å². The minimum atomic E-state index is -4.65. The van der Waals surface area contributed by atoms with Crippen LogP contribution < -0.4 is 4.90 Å². The molecule has 32 heavy (non-hydrogen) atoms. The minimum Gasteiger partial charge on any atom is -0.350 e. The van der Waals surface area contributed by atoms with Crippen molar-refractivity contribution in [3.05, 3.63) is 47.5 Å². The summed E-state index contributed by atoms with van der Waals surface area (Å²) in [4.78, 5) is 16.6. The first-order chi connectivity index (χ1) is 15.0. The lowest BCUT2D eigenvalue weighted by Gasteiger charge is -2.43. The maximum Gasteiger partial charge on any atom is 0.452 e. The molecule has 0 bridgehead atoms. The maximum atomic E-state index is 13.5. The Kier molecular flexibility index (Phi) is 5.95. The third-order valence-electron chi connectivity index (χ3n) is 6.05. The summed E-state index contributed by atoms with van der Waals surface area (Å²) < 4.78 is 68.8. The van der Waals surface area contributed by atoms with Gasteiger partial charge in [-0.15, -0.1) is 0 Å². The smallest absolute Gasteiger partial charge is 0.350 e. The van der Waals surface area contributed by atoms with E-state index in [4.69, 9.17) is 0 Å². The zero-order chi connectivity index (χ0) is 23.1. The van der Waals surface area contributed by atoms with Gasteiger partial charge < -0.3 is 14.3 Å². The Morgan fingerprint density at radius 2 is 1.81 bits per heavy atom. The van der Waals surface area contributed by atoms with Crippen molar-refractivity contribution in [3.63, 3.8) is 0 Å². The number of rotatable bonds is 3. The van der Waals surface area contributed by atoms with Gasteiger partial charge in [0, 0.05) is 43.1 Å². The van der Waals surface area contributed by atoms with Crippen LogP contribution in [0.3, 0.4) is 0 Å². The zero-order valence-electron chi connectivity index (χ0n) is 17.2. The quantitative estimate of drug-likeness (QED) is 0.505. The molecule has 1 aromatic carbocycles. The summed E-state index contributed by atoms with van der Waals surface area (Å²) in [6.07, 6.45) is -3.68. The molecule has 2 aliphatic heterocycles. The van der Waals surface area contributed by atoms with Crippen LogP contribution in [0.4, 0.5) is 23.4 Å². The van der Waals surface area contributed by atoms with Crippen molar-refractivity contribution in [3.8, 4) is 0 Å². The molecule has 0 N–H and O–H groups in total. The number of aromatic nitrogens is 1. The number of nitrogens with zero attached hydrogens (tertiary/aromatic N) is 3. The highest BCUT2D eigenvalue weighted by molar-refractivity contribution is 8.00. The van der Waals surface area contributed by atoms with Gasteiger partial charge in [-0.05, 0) is 45.9 Å². The summed E-state index contributed by atoms with van der Waals surface area (Å²) in [7, 11) is -2.14. The molecule has 0 aliphatic carbocycles. The van der Waals surface area contributed by atoms with Crippen molar-refractivity contribution in [1.29, 1.82) is 0 Å². The normalized spacial score (nSPS) is 26.9. The van der Waals surface area contributed by atoms with Gasteiger partial charge in [0.1, 0.15) is 5.82 Å². The van der Waals surface area contributed by atoms with Crippen LogP contribution in [0.1, 0.15) is 30.2 Å². The average Bonchev–Trinajstić information content (AvgIpc) is 3.24. The zero-order valence-corrected chi connectivity index (χ0v) is 18.0. The van der Waals surface area contributed by atoms with Gasteiger partial charge in [0.25, 0.3) is 0 Å². The van der Waals surface area contributed by atoms with E-state index < -0.39 is 33.3 Å². The molecule has 0 radical (unpaired) electrons. The second-order valence-electron chi connectivity index (χ2n) is 8.24. The van der Waals surface area contributed by atoms with Crippen LogP contribution >= 0.6 is 0 Å². The highest BCUT2D eigenvalue weighted by Crippen LogP contribution is 2.35. The largest absolute Gasteiger partial charge is 0.452 e. The number of anilines is 1. The number of halogens is 4. The third kappa shape index (κ3) is 4.77. The predicted octanol–water partition coefficient (Wildman–Crippen LogP) is 3.35. The molecule has 2 saturated heterocycles. The number of piperazine rings is 1. The summed E-state index contributed by atoms with van der Waals surface area (Å²) in [6.45, 7) is 0.706.